The number of nitrogens with zero attached hydrogens (tertiary/aromatic N) is 1. The molecule has 0 radical (unpaired) electrons. The summed E-state index contributed by atoms with van der Waals surface area (Å²) in [6.45, 7) is 2.22. The largest absolute Gasteiger partial charge is 0.393 e. The lowest BCUT2D eigenvalue weighted by atomic mass is 10.0. The van der Waals surface area contributed by atoms with Gasteiger partial charge in [-0.3, -0.25) is 4.98 Å². The first kappa shape index (κ1) is 14.2. The molecule has 1 aromatic heterocycles. The van der Waals surface area contributed by atoms with Gasteiger partial charge in [0.2, 0.25) is 0 Å². The van der Waals surface area contributed by atoms with Crippen LogP contribution in [0.4, 0.5) is 0 Å². The van der Waals surface area contributed by atoms with Crippen LogP contribution in [-0.4, -0.2) is 16.2 Å². The summed E-state index contributed by atoms with van der Waals surface area (Å²) in [5, 5.41) is 9.85. The molecule has 0 amide bonds. The molecule has 17 heavy (non-hydrogen) atoms. The molecule has 0 aliphatic heterocycles. The summed E-state index contributed by atoms with van der Waals surface area (Å²) in [6.07, 6.45) is 12.6. The van der Waals surface area contributed by atoms with Crippen molar-refractivity contribution >= 4 is 0 Å². The Labute approximate surface area is 105 Å². The number of unbranched alkanes of at least 4 members (excludes halogenated alkanes) is 4. The van der Waals surface area contributed by atoms with Crippen molar-refractivity contribution < 1.29 is 5.11 Å². The van der Waals surface area contributed by atoms with Crippen molar-refractivity contribution in [3.05, 3.63) is 30.1 Å². The number of aromatic nitrogens is 1. The molecule has 96 valence electrons. The van der Waals surface area contributed by atoms with Crippen molar-refractivity contribution in [3.63, 3.8) is 0 Å². The van der Waals surface area contributed by atoms with Crippen LogP contribution >= 0.6 is 0 Å². The third kappa shape index (κ3) is 7.11. The van der Waals surface area contributed by atoms with E-state index in [1.54, 1.807) is 6.20 Å². The molecule has 2 nitrogen and oxygen atoms in total. The van der Waals surface area contributed by atoms with E-state index in [1.165, 1.54) is 31.2 Å². The maximum atomic E-state index is 9.85. The van der Waals surface area contributed by atoms with Crippen molar-refractivity contribution in [3.8, 4) is 0 Å². The summed E-state index contributed by atoms with van der Waals surface area (Å²) in [4.78, 5) is 4.08. The fraction of sp³-hybridized carbons (Fsp3) is 0.667. The summed E-state index contributed by atoms with van der Waals surface area (Å²) in [5.74, 6) is 0. The minimum absolute atomic E-state index is 0.142. The summed E-state index contributed by atoms with van der Waals surface area (Å²) >= 11 is 0. The van der Waals surface area contributed by atoms with E-state index in [-0.39, 0.29) is 6.10 Å². The van der Waals surface area contributed by atoms with Gasteiger partial charge in [0.05, 0.1) is 6.10 Å². The Balaban J connectivity index is 2.03. The first-order chi connectivity index (χ1) is 8.33. The lowest BCUT2D eigenvalue weighted by Crippen LogP contribution is -2.07. The van der Waals surface area contributed by atoms with Crippen LogP contribution in [0.5, 0.6) is 0 Å². The zero-order valence-electron chi connectivity index (χ0n) is 10.9. The number of rotatable bonds is 9. The second-order valence-corrected chi connectivity index (χ2v) is 4.76. The number of pyridine rings is 1. The van der Waals surface area contributed by atoms with Gasteiger partial charge in [0.25, 0.3) is 0 Å². The highest BCUT2D eigenvalue weighted by atomic mass is 16.3. The normalized spacial score (nSPS) is 12.6. The van der Waals surface area contributed by atoms with E-state index in [2.05, 4.69) is 18.0 Å². The Hall–Kier alpha value is -0.890. The van der Waals surface area contributed by atoms with Crippen LogP contribution in [0.1, 0.15) is 57.4 Å². The van der Waals surface area contributed by atoms with E-state index >= 15 is 0 Å². The van der Waals surface area contributed by atoms with Crippen molar-refractivity contribution in [2.75, 3.05) is 0 Å². The Morgan fingerprint density at radius 3 is 2.71 bits per heavy atom. The monoisotopic (exact) mass is 235 g/mol. The molecule has 0 saturated carbocycles. The zero-order valence-corrected chi connectivity index (χ0v) is 10.9. The predicted molar refractivity (Wildman–Crippen MR) is 71.9 cm³/mol. The van der Waals surface area contributed by atoms with Crippen LogP contribution < -0.4 is 0 Å². The molecular weight excluding hydrogens is 210 g/mol. The number of hydrogen-bond donors (Lipinski definition) is 1. The van der Waals surface area contributed by atoms with Crippen LogP contribution in [0.2, 0.25) is 0 Å². The second kappa shape index (κ2) is 9.17. The van der Waals surface area contributed by atoms with Crippen LogP contribution in [0.3, 0.4) is 0 Å². The number of hydrogen-bond acceptors (Lipinski definition) is 2. The highest BCUT2D eigenvalue weighted by Gasteiger charge is 2.04. The van der Waals surface area contributed by atoms with Gasteiger partial charge in [-0.05, 0) is 30.9 Å². The molecule has 0 fully saturated rings. The van der Waals surface area contributed by atoms with Crippen LogP contribution in [0, 0.1) is 0 Å². The number of aryl methyl sites for hydroxylation is 1. The molecule has 0 spiro atoms. The Morgan fingerprint density at radius 1 is 1.18 bits per heavy atom. The van der Waals surface area contributed by atoms with Crippen LogP contribution in [-0.2, 0) is 6.42 Å². The predicted octanol–water partition coefficient (Wildman–Crippen LogP) is 3.74. The molecule has 1 heterocycles. The fourth-order valence-corrected chi connectivity index (χ4v) is 2.01. The highest BCUT2D eigenvalue weighted by Crippen LogP contribution is 2.11. The molecule has 0 aromatic carbocycles. The van der Waals surface area contributed by atoms with E-state index < -0.39 is 0 Å². The Morgan fingerprint density at radius 2 is 2.00 bits per heavy atom. The van der Waals surface area contributed by atoms with Gasteiger partial charge >= 0.3 is 0 Å². The van der Waals surface area contributed by atoms with Crippen molar-refractivity contribution in [1.82, 2.24) is 4.98 Å². The molecule has 1 unspecified atom stereocenters. The van der Waals surface area contributed by atoms with Gasteiger partial charge in [0, 0.05) is 12.4 Å². The lowest BCUT2D eigenvalue weighted by Gasteiger charge is -2.10. The molecule has 2 heteroatoms. The average molecular weight is 235 g/mol. The van der Waals surface area contributed by atoms with Crippen molar-refractivity contribution in [2.45, 2.75) is 64.4 Å². The Kier molecular flexibility index (Phi) is 7.65. The molecule has 0 aliphatic rings. The number of aliphatic hydroxyl groups excluding tert-OH is 1. The van der Waals surface area contributed by atoms with E-state index in [9.17, 15) is 5.11 Å². The standard InChI is InChI=1S/C15H25NO/c1-2-3-4-5-6-9-15(17)11-10-14-8-7-12-16-13-14/h7-8,12-13,15,17H,2-6,9-11H2,1H3. The zero-order chi connectivity index (χ0) is 12.3. The van der Waals surface area contributed by atoms with Crippen molar-refractivity contribution in [2.24, 2.45) is 0 Å². The van der Waals surface area contributed by atoms with Crippen LogP contribution in [0.25, 0.3) is 0 Å². The number of aliphatic hydroxyl groups is 1. The van der Waals surface area contributed by atoms with E-state index in [0.717, 1.165) is 25.7 Å². The molecule has 1 aromatic rings. The fourth-order valence-electron chi connectivity index (χ4n) is 2.01. The van der Waals surface area contributed by atoms with Crippen molar-refractivity contribution in [1.29, 1.82) is 0 Å². The summed E-state index contributed by atoms with van der Waals surface area (Å²) in [5.41, 5.74) is 1.22. The maximum Gasteiger partial charge on any atom is 0.0543 e. The van der Waals surface area contributed by atoms with Gasteiger partial charge in [-0.2, -0.15) is 0 Å². The molecule has 1 rings (SSSR count). The topological polar surface area (TPSA) is 33.1 Å². The first-order valence-electron chi connectivity index (χ1n) is 6.90. The molecular formula is C15H25NO. The third-order valence-electron chi connectivity index (χ3n) is 3.13. The Bertz CT molecular complexity index is 274. The second-order valence-electron chi connectivity index (χ2n) is 4.76. The summed E-state index contributed by atoms with van der Waals surface area (Å²) in [6, 6.07) is 4.02. The minimum Gasteiger partial charge on any atom is -0.393 e. The summed E-state index contributed by atoms with van der Waals surface area (Å²) < 4.78 is 0. The molecule has 0 bridgehead atoms. The molecule has 0 saturated heterocycles. The molecule has 0 aliphatic carbocycles. The van der Waals surface area contributed by atoms with Gasteiger partial charge in [-0.15, -0.1) is 0 Å². The molecule has 1 atom stereocenters. The van der Waals surface area contributed by atoms with Gasteiger partial charge < -0.3 is 5.11 Å². The maximum absolute atomic E-state index is 9.85. The highest BCUT2D eigenvalue weighted by molar-refractivity contribution is 5.08. The first-order valence-corrected chi connectivity index (χ1v) is 6.90. The van der Waals surface area contributed by atoms with E-state index in [1.807, 2.05) is 12.3 Å². The van der Waals surface area contributed by atoms with Crippen LogP contribution in [0.15, 0.2) is 24.5 Å². The average Bonchev–Trinajstić information content (AvgIpc) is 2.37. The third-order valence-corrected chi connectivity index (χ3v) is 3.13. The van der Waals surface area contributed by atoms with Gasteiger partial charge in [0.15, 0.2) is 0 Å². The summed E-state index contributed by atoms with van der Waals surface area (Å²) in [7, 11) is 0. The smallest absolute Gasteiger partial charge is 0.0543 e. The minimum atomic E-state index is -0.142. The van der Waals surface area contributed by atoms with Gasteiger partial charge in [0.1, 0.15) is 0 Å². The SMILES string of the molecule is CCCCCCCC(O)CCc1cccnc1. The van der Waals surface area contributed by atoms with E-state index in [0.29, 0.717) is 0 Å². The van der Waals surface area contributed by atoms with E-state index in [4.69, 9.17) is 0 Å². The lowest BCUT2D eigenvalue weighted by molar-refractivity contribution is 0.151. The molecule has 1 N–H and O–H groups in total. The quantitative estimate of drug-likeness (QED) is 0.661. The van der Waals surface area contributed by atoms with Gasteiger partial charge in [-0.1, -0.05) is 45.1 Å². The van der Waals surface area contributed by atoms with Gasteiger partial charge in [-0.25, -0.2) is 0 Å².